The van der Waals surface area contributed by atoms with Gasteiger partial charge in [-0.2, -0.15) is 0 Å². The Balaban J connectivity index is 1.55. The topological polar surface area (TPSA) is 38.3 Å². The lowest BCUT2D eigenvalue weighted by molar-refractivity contribution is -0.0485. The predicted octanol–water partition coefficient (Wildman–Crippen LogP) is 5.31. The minimum absolute atomic E-state index is 0.0659. The first kappa shape index (κ1) is 17.4. The zero-order valence-corrected chi connectivity index (χ0v) is 16.4. The molecule has 3 nitrogen and oxygen atoms in total. The Morgan fingerprint density at radius 1 is 1.16 bits per heavy atom. The standard InChI is InChI=1S/C22H35NO2/c1-14-5-8-18-17-7-6-15-13-16(25-20(24)23-4)9-11-22(15,3)19(17)10-12-21(14,18)2/h6,14,16-19H,5,7-13H2,1-4H3,(H,23,24)/t14-,16?,17?,18?,19?,21+,22-/m0/s1. The van der Waals surface area contributed by atoms with Crippen molar-refractivity contribution >= 4 is 6.09 Å². The Labute approximate surface area is 153 Å². The highest BCUT2D eigenvalue weighted by atomic mass is 16.6. The number of hydrogen-bond donors (Lipinski definition) is 1. The molecule has 3 fully saturated rings. The van der Waals surface area contributed by atoms with E-state index in [2.05, 4.69) is 32.2 Å². The third kappa shape index (κ3) is 2.56. The smallest absolute Gasteiger partial charge is 0.407 e. The van der Waals surface area contributed by atoms with Gasteiger partial charge in [-0.15, -0.1) is 0 Å². The zero-order valence-electron chi connectivity index (χ0n) is 16.4. The molecule has 4 aliphatic rings. The molecule has 4 aliphatic carbocycles. The van der Waals surface area contributed by atoms with Crippen molar-refractivity contribution in [3.63, 3.8) is 0 Å². The first-order valence-corrected chi connectivity index (χ1v) is 10.5. The normalized spacial score (nSPS) is 48.6. The minimum atomic E-state index is -0.281. The van der Waals surface area contributed by atoms with Gasteiger partial charge in [-0.05, 0) is 79.4 Å². The van der Waals surface area contributed by atoms with E-state index in [1.165, 1.54) is 38.5 Å². The van der Waals surface area contributed by atoms with Crippen molar-refractivity contribution in [3.05, 3.63) is 11.6 Å². The summed E-state index contributed by atoms with van der Waals surface area (Å²) in [5.41, 5.74) is 2.52. The van der Waals surface area contributed by atoms with Crippen LogP contribution in [0.25, 0.3) is 0 Å². The van der Waals surface area contributed by atoms with Crippen LogP contribution in [0.5, 0.6) is 0 Å². The molecule has 0 saturated heterocycles. The molecule has 1 N–H and O–H groups in total. The summed E-state index contributed by atoms with van der Waals surface area (Å²) >= 11 is 0. The Morgan fingerprint density at radius 2 is 1.96 bits per heavy atom. The summed E-state index contributed by atoms with van der Waals surface area (Å²) in [5, 5.41) is 2.59. The van der Waals surface area contributed by atoms with Gasteiger partial charge in [0, 0.05) is 13.5 Å². The molecular formula is C22H35NO2. The molecule has 0 aromatic carbocycles. The summed E-state index contributed by atoms with van der Waals surface area (Å²) in [4.78, 5) is 11.6. The average molecular weight is 346 g/mol. The maximum Gasteiger partial charge on any atom is 0.407 e. The fourth-order valence-electron chi connectivity index (χ4n) is 7.20. The molecule has 0 aromatic rings. The van der Waals surface area contributed by atoms with Crippen LogP contribution >= 0.6 is 0 Å². The van der Waals surface area contributed by atoms with E-state index in [0.717, 1.165) is 36.5 Å². The predicted molar refractivity (Wildman–Crippen MR) is 100 cm³/mol. The molecule has 140 valence electrons. The lowest BCUT2D eigenvalue weighted by Gasteiger charge is -2.58. The third-order valence-corrected chi connectivity index (χ3v) is 9.01. The van der Waals surface area contributed by atoms with Gasteiger partial charge in [-0.1, -0.05) is 32.4 Å². The Morgan fingerprint density at radius 3 is 2.72 bits per heavy atom. The SMILES string of the molecule is CNC(=O)OC1CC[C@@]2(C)C(=CCC3C2CC[C@@]2(C)C3CC[C@@H]2C)C1. The van der Waals surface area contributed by atoms with Gasteiger partial charge in [0.1, 0.15) is 6.10 Å². The van der Waals surface area contributed by atoms with E-state index in [-0.39, 0.29) is 12.2 Å². The van der Waals surface area contributed by atoms with Crippen LogP contribution in [0.1, 0.15) is 72.1 Å². The molecule has 1 amide bonds. The molecule has 3 heteroatoms. The molecule has 0 aliphatic heterocycles. The number of rotatable bonds is 1. The molecule has 4 rings (SSSR count). The van der Waals surface area contributed by atoms with Crippen molar-refractivity contribution in [1.29, 1.82) is 0 Å². The summed E-state index contributed by atoms with van der Waals surface area (Å²) in [7, 11) is 1.64. The number of amides is 1. The summed E-state index contributed by atoms with van der Waals surface area (Å²) in [6.07, 6.45) is 12.4. The Hall–Kier alpha value is -0.990. The highest BCUT2D eigenvalue weighted by Gasteiger charge is 2.57. The fraction of sp³-hybridized carbons (Fsp3) is 0.864. The van der Waals surface area contributed by atoms with E-state index in [1.807, 2.05) is 0 Å². The minimum Gasteiger partial charge on any atom is -0.446 e. The van der Waals surface area contributed by atoms with Crippen LogP contribution in [0, 0.1) is 34.5 Å². The highest BCUT2D eigenvalue weighted by Crippen LogP contribution is 2.66. The quantitative estimate of drug-likeness (QED) is 0.654. The summed E-state index contributed by atoms with van der Waals surface area (Å²) in [6.45, 7) is 7.60. The number of nitrogens with one attached hydrogen (secondary N) is 1. The molecule has 0 heterocycles. The molecule has 0 radical (unpaired) electrons. The van der Waals surface area contributed by atoms with Crippen molar-refractivity contribution in [2.24, 2.45) is 34.5 Å². The van der Waals surface area contributed by atoms with Crippen molar-refractivity contribution in [2.75, 3.05) is 7.05 Å². The number of alkyl carbamates (subject to hydrolysis) is 1. The second kappa shape index (κ2) is 6.03. The average Bonchev–Trinajstić information content (AvgIpc) is 2.90. The van der Waals surface area contributed by atoms with E-state index in [4.69, 9.17) is 4.74 Å². The van der Waals surface area contributed by atoms with Gasteiger partial charge in [0.2, 0.25) is 0 Å². The second-order valence-electron chi connectivity index (χ2n) is 9.80. The lowest BCUT2D eigenvalue weighted by Crippen LogP contribution is -2.50. The van der Waals surface area contributed by atoms with Crippen LogP contribution in [0.4, 0.5) is 4.79 Å². The van der Waals surface area contributed by atoms with Gasteiger partial charge >= 0.3 is 6.09 Å². The van der Waals surface area contributed by atoms with Gasteiger partial charge < -0.3 is 10.1 Å². The second-order valence-corrected chi connectivity index (χ2v) is 9.80. The number of ether oxygens (including phenoxy) is 1. The van der Waals surface area contributed by atoms with Gasteiger partial charge in [0.05, 0.1) is 0 Å². The largest absolute Gasteiger partial charge is 0.446 e. The van der Waals surface area contributed by atoms with Crippen molar-refractivity contribution in [1.82, 2.24) is 5.32 Å². The lowest BCUT2D eigenvalue weighted by atomic mass is 9.47. The third-order valence-electron chi connectivity index (χ3n) is 9.01. The fourth-order valence-corrected chi connectivity index (χ4v) is 7.20. The molecule has 4 unspecified atom stereocenters. The first-order valence-electron chi connectivity index (χ1n) is 10.5. The molecule has 0 aromatic heterocycles. The van der Waals surface area contributed by atoms with E-state index in [0.29, 0.717) is 10.8 Å². The summed E-state index contributed by atoms with van der Waals surface area (Å²) < 4.78 is 5.58. The van der Waals surface area contributed by atoms with Crippen molar-refractivity contribution < 1.29 is 9.53 Å². The van der Waals surface area contributed by atoms with Gasteiger partial charge in [0.25, 0.3) is 0 Å². The summed E-state index contributed by atoms with van der Waals surface area (Å²) in [5.74, 6) is 3.55. The van der Waals surface area contributed by atoms with Crippen LogP contribution in [-0.4, -0.2) is 19.2 Å². The Kier molecular flexibility index (Phi) is 4.20. The molecule has 0 spiro atoms. The van der Waals surface area contributed by atoms with E-state index in [9.17, 15) is 4.79 Å². The maximum atomic E-state index is 11.6. The number of allylic oxidation sites excluding steroid dienone is 1. The van der Waals surface area contributed by atoms with Crippen molar-refractivity contribution in [2.45, 2.75) is 78.2 Å². The number of fused-ring (bicyclic) bond motifs is 5. The van der Waals surface area contributed by atoms with Crippen LogP contribution in [0.3, 0.4) is 0 Å². The Bertz CT molecular complexity index is 585. The molecule has 3 saturated carbocycles. The molecule has 0 bridgehead atoms. The van der Waals surface area contributed by atoms with E-state index < -0.39 is 0 Å². The monoisotopic (exact) mass is 345 g/mol. The first-order chi connectivity index (χ1) is 11.9. The summed E-state index contributed by atoms with van der Waals surface area (Å²) in [6, 6.07) is 0. The zero-order chi connectivity index (χ0) is 17.8. The molecular weight excluding hydrogens is 310 g/mol. The van der Waals surface area contributed by atoms with E-state index in [1.54, 1.807) is 12.6 Å². The van der Waals surface area contributed by atoms with Gasteiger partial charge in [-0.3, -0.25) is 0 Å². The van der Waals surface area contributed by atoms with Gasteiger partial charge in [-0.25, -0.2) is 4.79 Å². The van der Waals surface area contributed by atoms with Crippen LogP contribution in [0.15, 0.2) is 11.6 Å². The van der Waals surface area contributed by atoms with E-state index >= 15 is 0 Å². The number of carbonyl (C=O) groups excluding carboxylic acids is 1. The van der Waals surface area contributed by atoms with Crippen molar-refractivity contribution in [3.8, 4) is 0 Å². The number of carbonyl (C=O) groups is 1. The maximum absolute atomic E-state index is 11.6. The van der Waals surface area contributed by atoms with Crippen LogP contribution in [-0.2, 0) is 4.74 Å². The highest BCUT2D eigenvalue weighted by molar-refractivity contribution is 5.66. The molecule has 25 heavy (non-hydrogen) atoms. The van der Waals surface area contributed by atoms with Crippen LogP contribution in [0.2, 0.25) is 0 Å². The van der Waals surface area contributed by atoms with Gasteiger partial charge in [0.15, 0.2) is 0 Å². The molecule has 7 atom stereocenters. The van der Waals surface area contributed by atoms with Crippen LogP contribution < -0.4 is 5.32 Å². The number of hydrogen-bond acceptors (Lipinski definition) is 2.